The van der Waals surface area contributed by atoms with E-state index in [-0.39, 0.29) is 11.3 Å². The van der Waals surface area contributed by atoms with E-state index in [1.165, 1.54) is 82.8 Å². The van der Waals surface area contributed by atoms with Crippen LogP contribution in [-0.4, -0.2) is 19.2 Å². The number of esters is 1. The molecule has 0 bridgehead atoms. The van der Waals surface area contributed by atoms with Crippen molar-refractivity contribution in [3.8, 4) is 17.2 Å². The van der Waals surface area contributed by atoms with Crippen LogP contribution in [0.5, 0.6) is 17.2 Å². The van der Waals surface area contributed by atoms with Crippen LogP contribution in [-0.2, 0) is 0 Å². The third kappa shape index (κ3) is 9.15. The highest BCUT2D eigenvalue weighted by Gasteiger charge is 2.24. The first kappa shape index (κ1) is 28.0. The van der Waals surface area contributed by atoms with E-state index in [0.29, 0.717) is 19.0 Å². The number of halogens is 1. The van der Waals surface area contributed by atoms with Crippen LogP contribution in [0.15, 0.2) is 42.5 Å². The molecule has 0 aromatic heterocycles. The Labute approximate surface area is 216 Å². The number of unbranched alkanes of at least 4 members (excludes halogenated alkanes) is 4. The first-order valence-corrected chi connectivity index (χ1v) is 14.0. The Morgan fingerprint density at radius 1 is 0.833 bits per heavy atom. The molecule has 2 aromatic rings. The lowest BCUT2D eigenvalue weighted by atomic mass is 9.74. The third-order valence-corrected chi connectivity index (χ3v) is 7.23. The molecular weight excluding hydrogens is 455 g/mol. The molecule has 3 rings (SSSR count). The van der Waals surface area contributed by atoms with Gasteiger partial charge in [0, 0.05) is 0 Å². The van der Waals surface area contributed by atoms with Gasteiger partial charge in [-0.05, 0) is 74.1 Å². The summed E-state index contributed by atoms with van der Waals surface area (Å²) in [4.78, 5) is 12.4. The Hall–Kier alpha value is -2.56. The summed E-state index contributed by atoms with van der Waals surface area (Å²) >= 11 is 0. The number of ether oxygens (including phenoxy) is 3. The Balaban J connectivity index is 1.38. The standard InChI is InChI=1S/C31H43FO4/c1-3-5-6-7-8-12-24-13-9-10-14-25(24)15-11-22-35-27-17-19-28(20-18-27)36-31(33)26-16-21-30(34-4-2)29(32)23-26/h16-21,23-25H,3-15,22H2,1-2H3. The minimum absolute atomic E-state index is 0.122. The summed E-state index contributed by atoms with van der Waals surface area (Å²) in [6, 6.07) is 11.1. The second-order valence-electron chi connectivity index (χ2n) is 9.94. The summed E-state index contributed by atoms with van der Waals surface area (Å²) in [5.41, 5.74) is 0.137. The van der Waals surface area contributed by atoms with Gasteiger partial charge in [0.15, 0.2) is 11.6 Å². The fraction of sp³-hybridized carbons (Fsp3) is 0.581. The molecule has 0 heterocycles. The van der Waals surface area contributed by atoms with Gasteiger partial charge in [0.05, 0.1) is 18.8 Å². The van der Waals surface area contributed by atoms with Crippen molar-refractivity contribution in [1.29, 1.82) is 0 Å². The highest BCUT2D eigenvalue weighted by Crippen LogP contribution is 2.36. The van der Waals surface area contributed by atoms with Crippen LogP contribution in [0.2, 0.25) is 0 Å². The van der Waals surface area contributed by atoms with Crippen molar-refractivity contribution in [2.75, 3.05) is 13.2 Å². The van der Waals surface area contributed by atoms with Crippen LogP contribution in [0.3, 0.4) is 0 Å². The zero-order valence-corrected chi connectivity index (χ0v) is 22.1. The topological polar surface area (TPSA) is 44.8 Å². The zero-order chi connectivity index (χ0) is 25.6. The maximum atomic E-state index is 14.0. The molecule has 0 amide bonds. The highest BCUT2D eigenvalue weighted by atomic mass is 19.1. The van der Waals surface area contributed by atoms with E-state index >= 15 is 0 Å². The van der Waals surface area contributed by atoms with Crippen LogP contribution < -0.4 is 14.2 Å². The highest BCUT2D eigenvalue weighted by molar-refractivity contribution is 5.91. The van der Waals surface area contributed by atoms with Crippen molar-refractivity contribution in [3.05, 3.63) is 53.8 Å². The molecule has 1 saturated carbocycles. The van der Waals surface area contributed by atoms with E-state index in [0.717, 1.165) is 30.1 Å². The molecule has 0 N–H and O–H groups in total. The van der Waals surface area contributed by atoms with Gasteiger partial charge in [-0.25, -0.2) is 9.18 Å². The van der Waals surface area contributed by atoms with Gasteiger partial charge >= 0.3 is 5.97 Å². The Kier molecular flexibility index (Phi) is 12.1. The molecule has 2 aromatic carbocycles. The molecule has 36 heavy (non-hydrogen) atoms. The molecule has 1 fully saturated rings. The molecule has 0 aliphatic heterocycles. The lowest BCUT2D eigenvalue weighted by Gasteiger charge is -2.31. The molecule has 5 heteroatoms. The first-order valence-electron chi connectivity index (χ1n) is 14.0. The molecule has 4 nitrogen and oxygen atoms in total. The van der Waals surface area contributed by atoms with Crippen molar-refractivity contribution in [1.82, 2.24) is 0 Å². The van der Waals surface area contributed by atoms with Gasteiger partial charge in [-0.15, -0.1) is 0 Å². The summed E-state index contributed by atoms with van der Waals surface area (Å²) in [6.07, 6.45) is 16.1. The van der Waals surface area contributed by atoms with Gasteiger partial charge in [-0.2, -0.15) is 0 Å². The summed E-state index contributed by atoms with van der Waals surface area (Å²) in [7, 11) is 0. The van der Waals surface area contributed by atoms with Gasteiger partial charge < -0.3 is 14.2 Å². The summed E-state index contributed by atoms with van der Waals surface area (Å²) in [6.45, 7) is 5.11. The molecule has 198 valence electrons. The monoisotopic (exact) mass is 498 g/mol. The molecule has 2 atom stereocenters. The number of carbonyl (C=O) groups excluding carboxylic acids is 1. The molecule has 0 spiro atoms. The number of rotatable bonds is 15. The van der Waals surface area contributed by atoms with Crippen LogP contribution in [0, 0.1) is 17.7 Å². The predicted octanol–water partition coefficient (Wildman–Crippen LogP) is 8.77. The SMILES string of the molecule is CCCCCCCC1CCCCC1CCCOc1ccc(OC(=O)c2ccc(OCC)c(F)c2)cc1. The predicted molar refractivity (Wildman–Crippen MR) is 143 cm³/mol. The summed E-state index contributed by atoms with van der Waals surface area (Å²) < 4.78 is 30.5. The third-order valence-electron chi connectivity index (χ3n) is 7.23. The molecule has 0 radical (unpaired) electrons. The van der Waals surface area contributed by atoms with E-state index in [1.54, 1.807) is 31.2 Å². The van der Waals surface area contributed by atoms with E-state index in [1.807, 2.05) is 0 Å². The van der Waals surface area contributed by atoms with Crippen molar-refractivity contribution in [3.63, 3.8) is 0 Å². The summed E-state index contributed by atoms with van der Waals surface area (Å²) in [5.74, 6) is 1.83. The maximum Gasteiger partial charge on any atom is 0.343 e. The molecule has 2 unspecified atom stereocenters. The minimum Gasteiger partial charge on any atom is -0.494 e. The molecule has 1 aliphatic carbocycles. The van der Waals surface area contributed by atoms with E-state index in [2.05, 4.69) is 6.92 Å². The molecule has 0 saturated heterocycles. The Morgan fingerprint density at radius 2 is 1.50 bits per heavy atom. The average Bonchev–Trinajstić information content (AvgIpc) is 2.89. The lowest BCUT2D eigenvalue weighted by molar-refractivity contribution is 0.0734. The number of hydrogen-bond acceptors (Lipinski definition) is 4. The Bertz CT molecular complexity index is 911. The molecular formula is C31H43FO4. The van der Waals surface area contributed by atoms with Gasteiger partial charge in [0.1, 0.15) is 11.5 Å². The fourth-order valence-corrected chi connectivity index (χ4v) is 5.26. The van der Waals surface area contributed by atoms with E-state index in [9.17, 15) is 9.18 Å². The van der Waals surface area contributed by atoms with E-state index < -0.39 is 11.8 Å². The van der Waals surface area contributed by atoms with Crippen LogP contribution in [0.4, 0.5) is 4.39 Å². The Morgan fingerprint density at radius 3 is 2.17 bits per heavy atom. The average molecular weight is 499 g/mol. The summed E-state index contributed by atoms with van der Waals surface area (Å²) in [5, 5.41) is 0. The minimum atomic E-state index is -0.613. The van der Waals surface area contributed by atoms with Crippen LogP contribution in [0.25, 0.3) is 0 Å². The fourth-order valence-electron chi connectivity index (χ4n) is 5.26. The van der Waals surface area contributed by atoms with Crippen molar-refractivity contribution < 1.29 is 23.4 Å². The normalized spacial score (nSPS) is 17.5. The van der Waals surface area contributed by atoms with Crippen molar-refractivity contribution in [2.24, 2.45) is 11.8 Å². The van der Waals surface area contributed by atoms with Gasteiger partial charge in [-0.1, -0.05) is 71.1 Å². The zero-order valence-electron chi connectivity index (χ0n) is 22.1. The number of carbonyl (C=O) groups is 1. The van der Waals surface area contributed by atoms with Gasteiger partial charge in [0.25, 0.3) is 0 Å². The van der Waals surface area contributed by atoms with Crippen molar-refractivity contribution >= 4 is 5.97 Å². The first-order chi connectivity index (χ1) is 17.6. The smallest absolute Gasteiger partial charge is 0.343 e. The van der Waals surface area contributed by atoms with Gasteiger partial charge in [0.2, 0.25) is 0 Å². The second-order valence-corrected chi connectivity index (χ2v) is 9.94. The lowest BCUT2D eigenvalue weighted by Crippen LogP contribution is -2.20. The van der Waals surface area contributed by atoms with Crippen LogP contribution in [0.1, 0.15) is 101 Å². The quantitative estimate of drug-likeness (QED) is 0.140. The van der Waals surface area contributed by atoms with E-state index in [4.69, 9.17) is 14.2 Å². The number of hydrogen-bond donors (Lipinski definition) is 0. The largest absolute Gasteiger partial charge is 0.494 e. The van der Waals surface area contributed by atoms with Gasteiger partial charge in [-0.3, -0.25) is 0 Å². The number of benzene rings is 2. The van der Waals surface area contributed by atoms with Crippen molar-refractivity contribution in [2.45, 2.75) is 90.9 Å². The van der Waals surface area contributed by atoms with Crippen LogP contribution >= 0.6 is 0 Å². The second kappa shape index (κ2) is 15.5. The maximum absolute atomic E-state index is 14.0. The molecule has 1 aliphatic rings.